The van der Waals surface area contributed by atoms with Gasteiger partial charge in [0.15, 0.2) is 0 Å². The van der Waals surface area contributed by atoms with Crippen LogP contribution in [-0.4, -0.2) is 48.4 Å². The van der Waals surface area contributed by atoms with Gasteiger partial charge >= 0.3 is 0 Å². The number of hydrogen-bond acceptors (Lipinski definition) is 4. The summed E-state index contributed by atoms with van der Waals surface area (Å²) in [6.07, 6.45) is 9.56. The van der Waals surface area contributed by atoms with Gasteiger partial charge in [0.25, 0.3) is 0 Å². The van der Waals surface area contributed by atoms with Gasteiger partial charge in [-0.15, -0.1) is 0 Å². The smallest absolute Gasteiger partial charge is 0.234 e. The van der Waals surface area contributed by atoms with Gasteiger partial charge in [-0.3, -0.25) is 19.8 Å². The van der Waals surface area contributed by atoms with E-state index < -0.39 is 0 Å². The zero-order valence-corrected chi connectivity index (χ0v) is 18.6. The van der Waals surface area contributed by atoms with Gasteiger partial charge in [0.05, 0.1) is 5.92 Å². The maximum atomic E-state index is 12.2. The molecule has 1 unspecified atom stereocenters. The van der Waals surface area contributed by atoms with E-state index in [0.717, 1.165) is 24.6 Å². The Morgan fingerprint density at radius 2 is 1.67 bits per heavy atom. The largest absolute Gasteiger partial charge is 0.366 e. The van der Waals surface area contributed by atoms with Crippen molar-refractivity contribution in [2.75, 3.05) is 24.5 Å². The van der Waals surface area contributed by atoms with Crippen molar-refractivity contribution in [2.24, 2.45) is 5.92 Å². The van der Waals surface area contributed by atoms with Crippen molar-refractivity contribution >= 4 is 17.5 Å². The first kappa shape index (κ1) is 21.4. The average molecular weight is 412 g/mol. The fraction of sp³-hybridized carbons (Fsp3) is 0.680. The van der Waals surface area contributed by atoms with Gasteiger partial charge in [-0.05, 0) is 56.8 Å². The van der Waals surface area contributed by atoms with Crippen LogP contribution in [0.25, 0.3) is 0 Å². The number of rotatable bonds is 5. The van der Waals surface area contributed by atoms with Crippen LogP contribution in [-0.2, 0) is 9.59 Å². The minimum absolute atomic E-state index is 0.156. The molecule has 0 aromatic heterocycles. The van der Waals surface area contributed by atoms with E-state index in [9.17, 15) is 9.59 Å². The Labute approximate surface area is 181 Å². The molecule has 1 aliphatic carbocycles. The molecule has 2 amide bonds. The van der Waals surface area contributed by atoms with Crippen LogP contribution in [0.4, 0.5) is 5.69 Å². The van der Waals surface area contributed by atoms with Gasteiger partial charge in [-0.25, -0.2) is 0 Å². The summed E-state index contributed by atoms with van der Waals surface area (Å²) < 4.78 is 0. The number of nitrogens with zero attached hydrogens (tertiary/aromatic N) is 2. The second-order valence-corrected chi connectivity index (χ2v) is 9.73. The number of piperazine rings is 1. The van der Waals surface area contributed by atoms with Gasteiger partial charge in [-0.2, -0.15) is 0 Å². The predicted molar refractivity (Wildman–Crippen MR) is 121 cm³/mol. The van der Waals surface area contributed by atoms with Crippen molar-refractivity contribution in [3.8, 4) is 0 Å². The Bertz CT molecular complexity index is 741. The molecule has 1 aromatic rings. The third-order valence-corrected chi connectivity index (χ3v) is 7.53. The highest BCUT2D eigenvalue weighted by atomic mass is 16.2. The normalized spacial score (nSPS) is 29.1. The Morgan fingerprint density at radius 1 is 0.933 bits per heavy atom. The molecule has 0 spiro atoms. The van der Waals surface area contributed by atoms with Gasteiger partial charge in [0.1, 0.15) is 0 Å². The van der Waals surface area contributed by atoms with Crippen molar-refractivity contribution < 1.29 is 9.59 Å². The number of anilines is 1. The minimum atomic E-state index is -0.204. The van der Waals surface area contributed by atoms with Crippen LogP contribution in [0.15, 0.2) is 24.3 Å². The highest BCUT2D eigenvalue weighted by Gasteiger charge is 2.31. The molecule has 30 heavy (non-hydrogen) atoms. The molecule has 2 heterocycles. The van der Waals surface area contributed by atoms with Gasteiger partial charge in [-0.1, -0.05) is 44.2 Å². The van der Waals surface area contributed by atoms with E-state index in [-0.39, 0.29) is 17.7 Å². The summed E-state index contributed by atoms with van der Waals surface area (Å²) in [4.78, 5) is 28.7. The monoisotopic (exact) mass is 411 g/mol. The number of benzene rings is 1. The Kier molecular flexibility index (Phi) is 6.77. The summed E-state index contributed by atoms with van der Waals surface area (Å²) in [6, 6.07) is 9.48. The lowest BCUT2D eigenvalue weighted by atomic mass is 9.86. The van der Waals surface area contributed by atoms with E-state index in [1.54, 1.807) is 0 Å². The van der Waals surface area contributed by atoms with Crippen LogP contribution in [0, 0.1) is 5.92 Å². The third-order valence-electron chi connectivity index (χ3n) is 7.53. The summed E-state index contributed by atoms with van der Waals surface area (Å²) in [6.45, 7) is 8.08. The average Bonchev–Trinajstić information content (AvgIpc) is 2.75. The Balaban J connectivity index is 1.34. The van der Waals surface area contributed by atoms with Crippen LogP contribution in [0.5, 0.6) is 0 Å². The summed E-state index contributed by atoms with van der Waals surface area (Å²) in [5, 5.41) is 2.47. The van der Waals surface area contributed by atoms with E-state index in [1.807, 2.05) is 0 Å². The lowest BCUT2D eigenvalue weighted by Crippen LogP contribution is -2.56. The van der Waals surface area contributed by atoms with Crippen LogP contribution in [0.1, 0.15) is 76.7 Å². The SMILES string of the molecule is C[C@@H]1CN(CCC2CCCCC2)[C@@H](C)CN1c1ccc(C2CCC(=O)NC2=O)cc1. The van der Waals surface area contributed by atoms with Crippen molar-refractivity contribution in [3.05, 3.63) is 29.8 Å². The number of imide groups is 1. The summed E-state index contributed by atoms with van der Waals surface area (Å²) >= 11 is 0. The summed E-state index contributed by atoms with van der Waals surface area (Å²) in [5.74, 6) is 0.424. The standard InChI is InChI=1S/C25H37N3O2/c1-18-17-28(19(2)16-27(18)15-14-20-6-4-3-5-7-20)22-10-8-21(9-11-22)23-12-13-24(29)26-25(23)30/h8-11,18-20,23H,3-7,12-17H2,1-2H3,(H,26,29,30)/t18-,19+,23?/m0/s1. The topological polar surface area (TPSA) is 52.6 Å². The third kappa shape index (κ3) is 4.88. The number of hydrogen-bond donors (Lipinski definition) is 1. The van der Waals surface area contributed by atoms with Gasteiger partial charge < -0.3 is 4.90 Å². The lowest BCUT2D eigenvalue weighted by molar-refractivity contribution is -0.134. The molecular weight excluding hydrogens is 374 g/mol. The van der Waals surface area contributed by atoms with E-state index >= 15 is 0 Å². The van der Waals surface area contributed by atoms with Crippen molar-refractivity contribution in [1.29, 1.82) is 0 Å². The highest BCUT2D eigenvalue weighted by molar-refractivity contribution is 6.00. The molecule has 3 aliphatic rings. The fourth-order valence-electron chi connectivity index (χ4n) is 5.60. The van der Waals surface area contributed by atoms with Crippen molar-refractivity contribution in [1.82, 2.24) is 10.2 Å². The minimum Gasteiger partial charge on any atom is -0.366 e. The van der Waals surface area contributed by atoms with Crippen LogP contribution < -0.4 is 10.2 Å². The molecule has 1 N–H and O–H groups in total. The van der Waals surface area contributed by atoms with E-state index in [1.165, 1.54) is 50.8 Å². The molecule has 0 radical (unpaired) electrons. The quantitative estimate of drug-likeness (QED) is 0.742. The first-order valence-electron chi connectivity index (χ1n) is 12.0. The molecule has 3 fully saturated rings. The van der Waals surface area contributed by atoms with Crippen LogP contribution >= 0.6 is 0 Å². The zero-order chi connectivity index (χ0) is 21.1. The second-order valence-electron chi connectivity index (χ2n) is 9.73. The summed E-state index contributed by atoms with van der Waals surface area (Å²) in [5.41, 5.74) is 2.24. The zero-order valence-electron chi connectivity index (χ0n) is 18.6. The van der Waals surface area contributed by atoms with Gasteiger partial charge in [0.2, 0.25) is 11.8 Å². The van der Waals surface area contributed by atoms with Crippen LogP contribution in [0.2, 0.25) is 0 Å². The Morgan fingerprint density at radius 3 is 2.37 bits per heavy atom. The number of amides is 2. The maximum Gasteiger partial charge on any atom is 0.234 e. The highest BCUT2D eigenvalue weighted by Crippen LogP contribution is 2.30. The molecule has 164 valence electrons. The van der Waals surface area contributed by atoms with Gasteiger partial charge in [0, 0.05) is 37.3 Å². The molecule has 2 aliphatic heterocycles. The first-order valence-corrected chi connectivity index (χ1v) is 12.0. The Hall–Kier alpha value is -1.88. The van der Waals surface area contributed by atoms with Crippen molar-refractivity contribution in [3.63, 3.8) is 0 Å². The van der Waals surface area contributed by atoms with Crippen LogP contribution in [0.3, 0.4) is 0 Å². The molecule has 2 saturated heterocycles. The molecule has 5 nitrogen and oxygen atoms in total. The molecule has 0 bridgehead atoms. The molecule has 4 rings (SSSR count). The van der Waals surface area contributed by atoms with E-state index in [4.69, 9.17) is 0 Å². The molecular formula is C25H37N3O2. The molecule has 1 saturated carbocycles. The van der Waals surface area contributed by atoms with Crippen molar-refractivity contribution in [2.45, 2.75) is 83.2 Å². The fourth-order valence-corrected chi connectivity index (χ4v) is 5.60. The first-order chi connectivity index (χ1) is 14.5. The molecule has 5 heteroatoms. The second kappa shape index (κ2) is 9.51. The van der Waals surface area contributed by atoms with E-state index in [0.29, 0.717) is 24.9 Å². The molecule has 3 atom stereocenters. The number of nitrogens with one attached hydrogen (secondary N) is 1. The molecule has 1 aromatic carbocycles. The lowest BCUT2D eigenvalue weighted by Gasteiger charge is -2.46. The van der Waals surface area contributed by atoms with E-state index in [2.05, 4.69) is 53.2 Å². The maximum absolute atomic E-state index is 12.2. The number of piperidine rings is 1. The predicted octanol–water partition coefficient (Wildman–Crippen LogP) is 4.08. The summed E-state index contributed by atoms with van der Waals surface area (Å²) in [7, 11) is 0. The number of carbonyl (C=O) groups is 2. The number of carbonyl (C=O) groups excluding carboxylic acids is 2.